The van der Waals surface area contributed by atoms with Gasteiger partial charge in [0, 0.05) is 24.6 Å². The van der Waals surface area contributed by atoms with Crippen molar-refractivity contribution in [2.24, 2.45) is 0 Å². The standard InChI is InChI=1S/C19H20N6O2S2/c1-3-4-9-24-16(27)14-7-5-6-8-15(14)25-18(24)22-23-19(25)29-11-13-10-28-17(21-13)20-12(2)26/h5-8,10H,3-4,9,11H2,1-2H3,(H,20,21,26). The van der Waals surface area contributed by atoms with Gasteiger partial charge in [0.15, 0.2) is 10.3 Å². The van der Waals surface area contributed by atoms with E-state index in [0.29, 0.717) is 33.7 Å². The van der Waals surface area contributed by atoms with Crippen LogP contribution in [0.1, 0.15) is 32.4 Å². The maximum Gasteiger partial charge on any atom is 0.262 e. The van der Waals surface area contributed by atoms with E-state index in [-0.39, 0.29) is 11.5 Å². The second kappa shape index (κ2) is 8.34. The number of carbonyl (C=O) groups excluding carboxylic acids is 1. The number of nitrogens with zero attached hydrogens (tertiary/aromatic N) is 5. The molecule has 0 fully saturated rings. The summed E-state index contributed by atoms with van der Waals surface area (Å²) in [6.07, 6.45) is 1.88. The number of thiazole rings is 1. The average Bonchev–Trinajstić information content (AvgIpc) is 3.33. The van der Waals surface area contributed by atoms with E-state index in [9.17, 15) is 9.59 Å². The van der Waals surface area contributed by atoms with Gasteiger partial charge in [-0.25, -0.2) is 4.98 Å². The number of amides is 1. The molecule has 8 nitrogen and oxygen atoms in total. The van der Waals surface area contributed by atoms with Crippen LogP contribution in [0.15, 0.2) is 39.6 Å². The summed E-state index contributed by atoms with van der Waals surface area (Å²) in [4.78, 5) is 28.6. The molecule has 0 atom stereocenters. The van der Waals surface area contributed by atoms with Crippen LogP contribution in [0.25, 0.3) is 16.7 Å². The zero-order chi connectivity index (χ0) is 20.4. The Kier molecular flexibility index (Phi) is 5.63. The highest BCUT2D eigenvalue weighted by molar-refractivity contribution is 7.98. The molecule has 4 rings (SSSR count). The molecule has 150 valence electrons. The Labute approximate surface area is 175 Å². The Hall–Kier alpha value is -2.72. The number of aromatic nitrogens is 5. The van der Waals surface area contributed by atoms with Crippen molar-refractivity contribution >= 4 is 50.8 Å². The lowest BCUT2D eigenvalue weighted by Gasteiger charge is -2.10. The van der Waals surface area contributed by atoms with E-state index in [1.165, 1.54) is 30.0 Å². The number of carbonyl (C=O) groups is 1. The minimum Gasteiger partial charge on any atom is -0.302 e. The van der Waals surface area contributed by atoms with Crippen LogP contribution >= 0.6 is 23.1 Å². The van der Waals surface area contributed by atoms with E-state index < -0.39 is 0 Å². The summed E-state index contributed by atoms with van der Waals surface area (Å²) >= 11 is 2.89. The second-order valence-corrected chi connectivity index (χ2v) is 8.36. The SMILES string of the molecule is CCCCn1c(=O)c2ccccc2n2c(SCc3csc(NC(C)=O)n3)nnc12. The fourth-order valence-corrected chi connectivity index (χ4v) is 4.76. The van der Waals surface area contributed by atoms with E-state index in [0.717, 1.165) is 24.1 Å². The maximum atomic E-state index is 13.0. The highest BCUT2D eigenvalue weighted by Gasteiger charge is 2.17. The van der Waals surface area contributed by atoms with Crippen molar-refractivity contribution in [1.82, 2.24) is 24.1 Å². The number of anilines is 1. The summed E-state index contributed by atoms with van der Waals surface area (Å²) in [5.41, 5.74) is 1.61. The molecule has 0 aliphatic carbocycles. The predicted molar refractivity (Wildman–Crippen MR) is 116 cm³/mol. The van der Waals surface area contributed by atoms with Crippen LogP contribution in [0.5, 0.6) is 0 Å². The van der Waals surface area contributed by atoms with E-state index in [4.69, 9.17) is 0 Å². The molecule has 1 amide bonds. The molecule has 3 aromatic heterocycles. The van der Waals surface area contributed by atoms with Gasteiger partial charge in [-0.3, -0.25) is 18.6 Å². The van der Waals surface area contributed by atoms with E-state index in [1.54, 1.807) is 4.57 Å². The maximum absolute atomic E-state index is 13.0. The van der Waals surface area contributed by atoms with Gasteiger partial charge in [0.05, 0.1) is 16.6 Å². The molecule has 0 saturated heterocycles. The molecule has 29 heavy (non-hydrogen) atoms. The quantitative estimate of drug-likeness (QED) is 0.453. The molecule has 1 aromatic carbocycles. The molecule has 3 heterocycles. The third-order valence-electron chi connectivity index (χ3n) is 4.40. The molecule has 0 aliphatic rings. The third-order valence-corrected chi connectivity index (χ3v) is 6.17. The van der Waals surface area contributed by atoms with Crippen molar-refractivity contribution in [3.05, 3.63) is 45.7 Å². The van der Waals surface area contributed by atoms with Gasteiger partial charge in [0.25, 0.3) is 5.56 Å². The summed E-state index contributed by atoms with van der Waals surface area (Å²) < 4.78 is 3.65. The van der Waals surface area contributed by atoms with E-state index in [2.05, 4.69) is 27.4 Å². The number of hydrogen-bond donors (Lipinski definition) is 1. The average molecular weight is 429 g/mol. The van der Waals surface area contributed by atoms with Crippen molar-refractivity contribution in [3.8, 4) is 0 Å². The number of aryl methyl sites for hydroxylation is 1. The zero-order valence-corrected chi connectivity index (χ0v) is 17.7. The van der Waals surface area contributed by atoms with Gasteiger partial charge in [0.1, 0.15) is 0 Å². The number of thioether (sulfide) groups is 1. The van der Waals surface area contributed by atoms with Gasteiger partial charge in [-0.2, -0.15) is 0 Å². The monoisotopic (exact) mass is 428 g/mol. The molecular formula is C19H20N6O2S2. The normalized spacial score (nSPS) is 11.4. The lowest BCUT2D eigenvalue weighted by atomic mass is 10.2. The van der Waals surface area contributed by atoms with Crippen LogP contribution in [0, 0.1) is 0 Å². The van der Waals surface area contributed by atoms with Crippen LogP contribution in [-0.2, 0) is 17.1 Å². The van der Waals surface area contributed by atoms with Crippen molar-refractivity contribution in [2.75, 3.05) is 5.32 Å². The number of benzene rings is 1. The van der Waals surface area contributed by atoms with Crippen molar-refractivity contribution in [3.63, 3.8) is 0 Å². The largest absolute Gasteiger partial charge is 0.302 e. The highest BCUT2D eigenvalue weighted by atomic mass is 32.2. The Morgan fingerprint density at radius 1 is 1.28 bits per heavy atom. The Morgan fingerprint density at radius 2 is 2.10 bits per heavy atom. The lowest BCUT2D eigenvalue weighted by molar-refractivity contribution is -0.114. The van der Waals surface area contributed by atoms with Crippen LogP contribution in [0.4, 0.5) is 5.13 Å². The fraction of sp³-hybridized carbons (Fsp3) is 0.316. The van der Waals surface area contributed by atoms with E-state index >= 15 is 0 Å². The van der Waals surface area contributed by atoms with Crippen LogP contribution < -0.4 is 10.9 Å². The third kappa shape index (κ3) is 3.90. The van der Waals surface area contributed by atoms with Crippen molar-refractivity contribution in [1.29, 1.82) is 0 Å². The van der Waals surface area contributed by atoms with Gasteiger partial charge < -0.3 is 5.32 Å². The van der Waals surface area contributed by atoms with Gasteiger partial charge in [-0.1, -0.05) is 37.2 Å². The predicted octanol–water partition coefficient (Wildman–Crippen LogP) is 3.55. The minimum absolute atomic E-state index is 0.0371. The number of rotatable bonds is 7. The molecule has 0 unspecified atom stereocenters. The summed E-state index contributed by atoms with van der Waals surface area (Å²) in [5, 5.41) is 15.2. The summed E-state index contributed by atoms with van der Waals surface area (Å²) in [6.45, 7) is 4.16. The summed E-state index contributed by atoms with van der Waals surface area (Å²) in [5.74, 6) is 1.000. The first-order valence-corrected chi connectivity index (χ1v) is 11.2. The lowest BCUT2D eigenvalue weighted by Crippen LogP contribution is -2.23. The first-order chi connectivity index (χ1) is 14.1. The molecule has 0 aliphatic heterocycles. The minimum atomic E-state index is -0.140. The molecule has 4 aromatic rings. The van der Waals surface area contributed by atoms with E-state index in [1.807, 2.05) is 34.0 Å². The zero-order valence-electron chi connectivity index (χ0n) is 16.1. The molecule has 0 bridgehead atoms. The van der Waals surface area contributed by atoms with Crippen molar-refractivity contribution < 1.29 is 4.79 Å². The second-order valence-electron chi connectivity index (χ2n) is 6.56. The van der Waals surface area contributed by atoms with Gasteiger partial charge in [0.2, 0.25) is 11.7 Å². The molecule has 10 heteroatoms. The van der Waals surface area contributed by atoms with Crippen molar-refractivity contribution in [2.45, 2.75) is 44.1 Å². The molecule has 0 saturated carbocycles. The Morgan fingerprint density at radius 3 is 2.90 bits per heavy atom. The fourth-order valence-electron chi connectivity index (χ4n) is 3.06. The van der Waals surface area contributed by atoms with Crippen LogP contribution in [0.3, 0.4) is 0 Å². The van der Waals surface area contributed by atoms with Gasteiger partial charge >= 0.3 is 0 Å². The number of hydrogen-bond acceptors (Lipinski definition) is 7. The smallest absolute Gasteiger partial charge is 0.262 e. The Bertz CT molecular complexity index is 1240. The summed E-state index contributed by atoms with van der Waals surface area (Å²) in [7, 11) is 0. The topological polar surface area (TPSA) is 94.2 Å². The molecule has 1 N–H and O–H groups in total. The first kappa shape index (κ1) is 19.6. The molecular weight excluding hydrogens is 408 g/mol. The first-order valence-electron chi connectivity index (χ1n) is 9.30. The molecule has 0 spiro atoms. The number of para-hydroxylation sites is 1. The van der Waals surface area contributed by atoms with Crippen LogP contribution in [-0.4, -0.2) is 30.1 Å². The number of unbranched alkanes of at least 4 members (excludes halogenated alkanes) is 1. The molecule has 0 radical (unpaired) electrons. The highest BCUT2D eigenvalue weighted by Crippen LogP contribution is 2.26. The number of nitrogens with one attached hydrogen (secondary N) is 1. The number of fused-ring (bicyclic) bond motifs is 3. The van der Waals surface area contributed by atoms with Crippen LogP contribution in [0.2, 0.25) is 0 Å². The van der Waals surface area contributed by atoms with Gasteiger partial charge in [-0.15, -0.1) is 21.5 Å². The Balaban J connectivity index is 1.72. The summed E-state index contributed by atoms with van der Waals surface area (Å²) in [6, 6.07) is 7.54. The van der Waals surface area contributed by atoms with Gasteiger partial charge in [-0.05, 0) is 18.6 Å².